The molecule has 1 aromatic rings. The number of amides is 1. The lowest BCUT2D eigenvalue weighted by Crippen LogP contribution is -2.37. The van der Waals surface area contributed by atoms with Gasteiger partial charge in [0.2, 0.25) is 5.91 Å². The van der Waals surface area contributed by atoms with Crippen molar-refractivity contribution in [3.05, 3.63) is 35.4 Å². The SMILES string of the molecule is CCN(CCC(=O)O)CC(=O)NCc1ccc(C)cc1. The number of aliphatic carboxylic acids is 1. The number of carbonyl (C=O) groups excluding carboxylic acids is 1. The fourth-order valence-electron chi connectivity index (χ4n) is 1.77. The lowest BCUT2D eigenvalue weighted by Gasteiger charge is -2.18. The fraction of sp³-hybridized carbons (Fsp3) is 0.467. The van der Waals surface area contributed by atoms with Crippen LogP contribution in [0.1, 0.15) is 24.5 Å². The van der Waals surface area contributed by atoms with Crippen LogP contribution < -0.4 is 5.32 Å². The molecule has 0 heterocycles. The third-order valence-electron chi connectivity index (χ3n) is 3.07. The number of likely N-dealkylation sites (N-methyl/N-ethyl adjacent to an activating group) is 1. The van der Waals surface area contributed by atoms with Crippen LogP contribution in [0.2, 0.25) is 0 Å². The quantitative estimate of drug-likeness (QED) is 0.754. The summed E-state index contributed by atoms with van der Waals surface area (Å²) < 4.78 is 0. The Balaban J connectivity index is 2.34. The summed E-state index contributed by atoms with van der Waals surface area (Å²) in [6.07, 6.45) is 0.0546. The van der Waals surface area contributed by atoms with Crippen LogP contribution in [-0.2, 0) is 16.1 Å². The Hall–Kier alpha value is -1.88. The van der Waals surface area contributed by atoms with Crippen molar-refractivity contribution in [1.82, 2.24) is 10.2 Å². The molecule has 0 unspecified atom stereocenters. The zero-order valence-corrected chi connectivity index (χ0v) is 12.1. The number of hydrogen-bond donors (Lipinski definition) is 2. The van der Waals surface area contributed by atoms with Crippen molar-refractivity contribution in [2.24, 2.45) is 0 Å². The third-order valence-corrected chi connectivity index (χ3v) is 3.07. The average molecular weight is 278 g/mol. The van der Waals surface area contributed by atoms with Gasteiger partial charge in [-0.1, -0.05) is 36.8 Å². The van der Waals surface area contributed by atoms with Crippen molar-refractivity contribution >= 4 is 11.9 Å². The van der Waals surface area contributed by atoms with E-state index in [4.69, 9.17) is 5.11 Å². The highest BCUT2D eigenvalue weighted by atomic mass is 16.4. The second-order valence-electron chi connectivity index (χ2n) is 4.77. The van der Waals surface area contributed by atoms with Gasteiger partial charge < -0.3 is 10.4 Å². The van der Waals surface area contributed by atoms with Gasteiger partial charge in [0.15, 0.2) is 0 Å². The molecule has 0 saturated heterocycles. The van der Waals surface area contributed by atoms with E-state index in [1.807, 2.05) is 43.0 Å². The average Bonchev–Trinajstić information content (AvgIpc) is 2.42. The molecule has 5 heteroatoms. The standard InChI is InChI=1S/C15H22N2O3/c1-3-17(9-8-15(19)20)11-14(18)16-10-13-6-4-12(2)5-7-13/h4-7H,3,8-11H2,1-2H3,(H,16,18)(H,19,20). The summed E-state index contributed by atoms with van der Waals surface area (Å²) in [6, 6.07) is 7.98. The lowest BCUT2D eigenvalue weighted by atomic mass is 10.1. The van der Waals surface area contributed by atoms with E-state index in [0.29, 0.717) is 19.6 Å². The summed E-state index contributed by atoms with van der Waals surface area (Å²) in [4.78, 5) is 24.1. The first-order valence-electron chi connectivity index (χ1n) is 6.77. The summed E-state index contributed by atoms with van der Waals surface area (Å²) >= 11 is 0. The molecule has 0 spiro atoms. The van der Waals surface area contributed by atoms with Gasteiger partial charge >= 0.3 is 5.97 Å². The van der Waals surface area contributed by atoms with Crippen LogP contribution >= 0.6 is 0 Å². The second-order valence-corrected chi connectivity index (χ2v) is 4.77. The highest BCUT2D eigenvalue weighted by molar-refractivity contribution is 5.78. The molecule has 2 N–H and O–H groups in total. The van der Waals surface area contributed by atoms with Crippen molar-refractivity contribution < 1.29 is 14.7 Å². The van der Waals surface area contributed by atoms with Gasteiger partial charge in [0.05, 0.1) is 13.0 Å². The van der Waals surface area contributed by atoms with Crippen LogP contribution in [0.5, 0.6) is 0 Å². The van der Waals surface area contributed by atoms with Gasteiger partial charge in [0.25, 0.3) is 0 Å². The molecule has 0 aromatic heterocycles. The summed E-state index contributed by atoms with van der Waals surface area (Å²) in [7, 11) is 0. The maximum absolute atomic E-state index is 11.8. The van der Waals surface area contributed by atoms with Gasteiger partial charge in [0, 0.05) is 13.1 Å². The zero-order valence-electron chi connectivity index (χ0n) is 12.1. The van der Waals surface area contributed by atoms with Crippen LogP contribution in [0.3, 0.4) is 0 Å². The van der Waals surface area contributed by atoms with Crippen molar-refractivity contribution in [2.75, 3.05) is 19.6 Å². The van der Waals surface area contributed by atoms with E-state index < -0.39 is 5.97 Å². The Kier molecular flexibility index (Phi) is 6.73. The second kappa shape index (κ2) is 8.32. The normalized spacial score (nSPS) is 10.6. The molecule has 0 atom stereocenters. The first kappa shape index (κ1) is 16.2. The van der Waals surface area contributed by atoms with Crippen molar-refractivity contribution in [3.63, 3.8) is 0 Å². The molecule has 0 aliphatic rings. The van der Waals surface area contributed by atoms with E-state index in [9.17, 15) is 9.59 Å². The number of rotatable bonds is 8. The number of nitrogens with one attached hydrogen (secondary N) is 1. The summed E-state index contributed by atoms with van der Waals surface area (Å²) in [5.41, 5.74) is 2.24. The topological polar surface area (TPSA) is 69.6 Å². The zero-order chi connectivity index (χ0) is 15.0. The first-order chi connectivity index (χ1) is 9.51. The Morgan fingerprint density at radius 2 is 1.90 bits per heavy atom. The van der Waals surface area contributed by atoms with Gasteiger partial charge in [-0.05, 0) is 19.0 Å². The van der Waals surface area contributed by atoms with Crippen molar-refractivity contribution in [3.8, 4) is 0 Å². The highest BCUT2D eigenvalue weighted by Gasteiger charge is 2.10. The molecule has 0 bridgehead atoms. The van der Waals surface area contributed by atoms with E-state index in [1.54, 1.807) is 0 Å². The number of carboxylic acid groups (broad SMARTS) is 1. The molecule has 0 aliphatic carbocycles. The number of benzene rings is 1. The van der Waals surface area contributed by atoms with E-state index in [-0.39, 0.29) is 18.9 Å². The van der Waals surface area contributed by atoms with Crippen LogP contribution in [0.15, 0.2) is 24.3 Å². The van der Waals surface area contributed by atoms with Crippen LogP contribution in [0, 0.1) is 6.92 Å². The largest absolute Gasteiger partial charge is 0.481 e. The Morgan fingerprint density at radius 1 is 1.25 bits per heavy atom. The monoisotopic (exact) mass is 278 g/mol. The molecule has 0 aliphatic heterocycles. The minimum atomic E-state index is -0.844. The van der Waals surface area contributed by atoms with Crippen molar-refractivity contribution in [2.45, 2.75) is 26.8 Å². The molecule has 5 nitrogen and oxygen atoms in total. The molecule has 0 radical (unpaired) electrons. The summed E-state index contributed by atoms with van der Waals surface area (Å²) in [6.45, 7) is 5.71. The Morgan fingerprint density at radius 3 is 2.45 bits per heavy atom. The first-order valence-corrected chi connectivity index (χ1v) is 6.77. The molecular weight excluding hydrogens is 256 g/mol. The third kappa shape index (κ3) is 6.33. The van der Waals surface area contributed by atoms with Crippen molar-refractivity contribution in [1.29, 1.82) is 0 Å². The minimum Gasteiger partial charge on any atom is -0.481 e. The Labute approximate surface area is 119 Å². The number of nitrogens with zero attached hydrogens (tertiary/aromatic N) is 1. The molecule has 1 rings (SSSR count). The minimum absolute atomic E-state index is 0.0546. The number of hydrogen-bond acceptors (Lipinski definition) is 3. The molecule has 20 heavy (non-hydrogen) atoms. The van der Waals surface area contributed by atoms with E-state index in [2.05, 4.69) is 5.32 Å². The maximum Gasteiger partial charge on any atom is 0.304 e. The van der Waals surface area contributed by atoms with Crippen LogP contribution in [0.25, 0.3) is 0 Å². The molecule has 1 amide bonds. The highest BCUT2D eigenvalue weighted by Crippen LogP contribution is 2.02. The van der Waals surface area contributed by atoms with E-state index in [1.165, 1.54) is 5.56 Å². The molecule has 1 aromatic carbocycles. The van der Waals surface area contributed by atoms with E-state index in [0.717, 1.165) is 5.56 Å². The fourth-order valence-corrected chi connectivity index (χ4v) is 1.77. The van der Waals surface area contributed by atoms with Crippen LogP contribution in [-0.4, -0.2) is 41.5 Å². The lowest BCUT2D eigenvalue weighted by molar-refractivity contribution is -0.137. The smallest absolute Gasteiger partial charge is 0.304 e. The van der Waals surface area contributed by atoms with Gasteiger partial charge in [-0.2, -0.15) is 0 Å². The predicted octanol–water partition coefficient (Wildman–Crippen LogP) is 1.41. The number of aryl methyl sites for hydroxylation is 1. The number of carbonyl (C=O) groups is 2. The summed E-state index contributed by atoms with van der Waals surface area (Å²) in [5, 5.41) is 11.5. The summed E-state index contributed by atoms with van der Waals surface area (Å²) in [5.74, 6) is -0.929. The van der Waals surface area contributed by atoms with Crippen LogP contribution in [0.4, 0.5) is 0 Å². The maximum atomic E-state index is 11.8. The van der Waals surface area contributed by atoms with Gasteiger partial charge in [-0.3, -0.25) is 14.5 Å². The van der Waals surface area contributed by atoms with Gasteiger partial charge in [-0.25, -0.2) is 0 Å². The Bertz CT molecular complexity index is 443. The predicted molar refractivity (Wildman–Crippen MR) is 77.4 cm³/mol. The molecule has 110 valence electrons. The van der Waals surface area contributed by atoms with Gasteiger partial charge in [-0.15, -0.1) is 0 Å². The van der Waals surface area contributed by atoms with E-state index >= 15 is 0 Å². The number of carboxylic acids is 1. The molecule has 0 saturated carbocycles. The molecule has 0 fully saturated rings. The molecular formula is C15H22N2O3. The van der Waals surface area contributed by atoms with Gasteiger partial charge in [0.1, 0.15) is 0 Å².